The maximum absolute atomic E-state index is 12.1. The largest absolute Gasteiger partial charge is 0.461 e. The first-order valence-electron chi connectivity index (χ1n) is 7.93. The molecule has 0 unspecified atom stereocenters. The van der Waals surface area contributed by atoms with Gasteiger partial charge in [-0.3, -0.25) is 9.78 Å². The molecule has 0 bridgehead atoms. The predicted octanol–water partition coefficient (Wildman–Crippen LogP) is 3.85. The van der Waals surface area contributed by atoms with E-state index in [0.717, 1.165) is 35.1 Å². The van der Waals surface area contributed by atoms with Crippen molar-refractivity contribution in [2.24, 2.45) is 0 Å². The second-order valence-corrected chi connectivity index (χ2v) is 5.88. The fourth-order valence-corrected chi connectivity index (χ4v) is 3.14. The monoisotopic (exact) mass is 307 g/mol. The zero-order valence-corrected chi connectivity index (χ0v) is 12.7. The molecule has 4 rings (SSSR count). The van der Waals surface area contributed by atoms with Crippen LogP contribution in [0.3, 0.4) is 0 Å². The highest BCUT2D eigenvalue weighted by atomic mass is 16.5. The van der Waals surface area contributed by atoms with Crippen molar-refractivity contribution in [3.8, 4) is 5.75 Å². The first kappa shape index (κ1) is 14.0. The third kappa shape index (κ3) is 2.84. The van der Waals surface area contributed by atoms with Crippen molar-refractivity contribution in [1.29, 1.82) is 0 Å². The molecule has 0 aliphatic heterocycles. The number of furan rings is 1. The van der Waals surface area contributed by atoms with Crippen molar-refractivity contribution in [3.63, 3.8) is 0 Å². The molecule has 116 valence electrons. The minimum atomic E-state index is -0.283. The molecule has 0 fully saturated rings. The summed E-state index contributed by atoms with van der Waals surface area (Å²) in [5, 5.41) is 1.08. The van der Waals surface area contributed by atoms with Gasteiger partial charge in [-0.15, -0.1) is 0 Å². The molecule has 23 heavy (non-hydrogen) atoms. The standard InChI is InChI=1S/C19H17NO3/c21-19(10-13-4-3-9-20-12-13)22-14-7-8-18-16(11-14)15-5-1-2-6-17(15)23-18/h3-4,7-9,11-12H,1-2,5-6,10H2. The van der Waals surface area contributed by atoms with Crippen LogP contribution in [0.4, 0.5) is 0 Å². The number of rotatable bonds is 3. The van der Waals surface area contributed by atoms with Crippen molar-refractivity contribution in [1.82, 2.24) is 4.98 Å². The lowest BCUT2D eigenvalue weighted by Gasteiger charge is -2.09. The average Bonchev–Trinajstić information content (AvgIpc) is 2.94. The van der Waals surface area contributed by atoms with Crippen LogP contribution in [0.5, 0.6) is 5.75 Å². The summed E-state index contributed by atoms with van der Waals surface area (Å²) in [4.78, 5) is 16.1. The molecule has 0 amide bonds. The van der Waals surface area contributed by atoms with Gasteiger partial charge in [0.1, 0.15) is 17.1 Å². The number of esters is 1. The Morgan fingerprint density at radius 1 is 1.22 bits per heavy atom. The lowest BCUT2D eigenvalue weighted by Crippen LogP contribution is -2.11. The smallest absolute Gasteiger partial charge is 0.315 e. The molecule has 1 aromatic carbocycles. The molecule has 0 radical (unpaired) electrons. The molecule has 0 saturated heterocycles. The molecule has 2 heterocycles. The van der Waals surface area contributed by atoms with Crippen molar-refractivity contribution in [3.05, 3.63) is 59.6 Å². The number of benzene rings is 1. The molecule has 1 aliphatic rings. The number of aromatic nitrogens is 1. The summed E-state index contributed by atoms with van der Waals surface area (Å²) in [6.07, 6.45) is 7.99. The quantitative estimate of drug-likeness (QED) is 0.545. The molecule has 1 aliphatic carbocycles. The Balaban J connectivity index is 1.56. The Bertz CT molecular complexity index is 852. The van der Waals surface area contributed by atoms with E-state index in [-0.39, 0.29) is 12.4 Å². The fourth-order valence-electron chi connectivity index (χ4n) is 3.14. The number of carbonyl (C=O) groups is 1. The van der Waals surface area contributed by atoms with E-state index >= 15 is 0 Å². The van der Waals surface area contributed by atoms with E-state index in [1.54, 1.807) is 18.5 Å². The van der Waals surface area contributed by atoms with Gasteiger partial charge in [0.2, 0.25) is 0 Å². The van der Waals surface area contributed by atoms with Gasteiger partial charge >= 0.3 is 5.97 Å². The highest BCUT2D eigenvalue weighted by Crippen LogP contribution is 2.33. The van der Waals surface area contributed by atoms with Gasteiger partial charge in [0.05, 0.1) is 6.42 Å². The van der Waals surface area contributed by atoms with Crippen molar-refractivity contribution < 1.29 is 13.9 Å². The Kier molecular flexibility index (Phi) is 3.58. The van der Waals surface area contributed by atoms with Crippen molar-refractivity contribution in [2.75, 3.05) is 0 Å². The zero-order chi connectivity index (χ0) is 15.6. The van der Waals surface area contributed by atoms with Gasteiger partial charge in [0.15, 0.2) is 0 Å². The molecule has 3 aromatic rings. The summed E-state index contributed by atoms with van der Waals surface area (Å²) < 4.78 is 11.4. The van der Waals surface area contributed by atoms with Gasteiger partial charge in [0.25, 0.3) is 0 Å². The van der Waals surface area contributed by atoms with E-state index in [1.807, 2.05) is 24.3 Å². The number of hydrogen-bond donors (Lipinski definition) is 0. The van der Waals surface area contributed by atoms with E-state index in [2.05, 4.69) is 4.98 Å². The molecule has 2 aromatic heterocycles. The van der Waals surface area contributed by atoms with Crippen LogP contribution in [-0.2, 0) is 24.1 Å². The molecule has 0 spiro atoms. The van der Waals surface area contributed by atoms with E-state index in [4.69, 9.17) is 9.15 Å². The van der Waals surface area contributed by atoms with Gasteiger partial charge < -0.3 is 9.15 Å². The maximum atomic E-state index is 12.1. The molecule has 4 nitrogen and oxygen atoms in total. The molecule has 4 heteroatoms. The fraction of sp³-hybridized carbons (Fsp3) is 0.263. The van der Waals surface area contributed by atoms with Crippen LogP contribution >= 0.6 is 0 Å². The minimum Gasteiger partial charge on any atom is -0.461 e. The summed E-state index contributed by atoms with van der Waals surface area (Å²) in [6, 6.07) is 9.28. The van der Waals surface area contributed by atoms with Gasteiger partial charge in [-0.2, -0.15) is 0 Å². The lowest BCUT2D eigenvalue weighted by molar-refractivity contribution is -0.133. The Labute approximate surface area is 134 Å². The summed E-state index contributed by atoms with van der Waals surface area (Å²) in [5.41, 5.74) is 3.00. The van der Waals surface area contributed by atoms with Crippen LogP contribution in [0, 0.1) is 0 Å². The summed E-state index contributed by atoms with van der Waals surface area (Å²) >= 11 is 0. The Hall–Kier alpha value is -2.62. The van der Waals surface area contributed by atoms with E-state index in [1.165, 1.54) is 18.4 Å². The number of pyridine rings is 1. The SMILES string of the molecule is O=C(Cc1cccnc1)Oc1ccc2oc3c(c2c1)CCCC3. The minimum absolute atomic E-state index is 0.218. The van der Waals surface area contributed by atoms with Crippen LogP contribution in [0.25, 0.3) is 11.0 Å². The molecule has 0 atom stereocenters. The van der Waals surface area contributed by atoms with Crippen LogP contribution in [-0.4, -0.2) is 11.0 Å². The number of nitrogens with zero attached hydrogens (tertiary/aromatic N) is 1. The van der Waals surface area contributed by atoms with E-state index in [9.17, 15) is 4.79 Å². The Morgan fingerprint density at radius 3 is 3.00 bits per heavy atom. The molecular formula is C19H17NO3. The second-order valence-electron chi connectivity index (χ2n) is 5.88. The van der Waals surface area contributed by atoms with Crippen LogP contribution < -0.4 is 4.74 Å². The van der Waals surface area contributed by atoms with Crippen LogP contribution in [0.1, 0.15) is 29.7 Å². The van der Waals surface area contributed by atoms with E-state index < -0.39 is 0 Å². The number of hydrogen-bond acceptors (Lipinski definition) is 4. The van der Waals surface area contributed by atoms with E-state index in [0.29, 0.717) is 5.75 Å². The Morgan fingerprint density at radius 2 is 2.13 bits per heavy atom. The van der Waals surface area contributed by atoms with Crippen LogP contribution in [0.2, 0.25) is 0 Å². The molecular weight excluding hydrogens is 290 g/mol. The molecule has 0 saturated carbocycles. The second kappa shape index (κ2) is 5.88. The highest BCUT2D eigenvalue weighted by molar-refractivity contribution is 5.85. The first-order chi connectivity index (χ1) is 11.3. The normalized spacial score (nSPS) is 13.7. The van der Waals surface area contributed by atoms with Crippen LogP contribution in [0.15, 0.2) is 47.1 Å². The highest BCUT2D eigenvalue weighted by Gasteiger charge is 2.18. The number of aryl methyl sites for hydroxylation is 2. The van der Waals surface area contributed by atoms with Crippen molar-refractivity contribution >= 4 is 16.9 Å². The number of fused-ring (bicyclic) bond motifs is 3. The summed E-state index contributed by atoms with van der Waals surface area (Å²) in [6.45, 7) is 0. The number of ether oxygens (including phenoxy) is 1. The lowest BCUT2D eigenvalue weighted by atomic mass is 9.96. The topological polar surface area (TPSA) is 52.3 Å². The van der Waals surface area contributed by atoms with Gasteiger partial charge in [-0.1, -0.05) is 6.07 Å². The van der Waals surface area contributed by atoms with Crippen molar-refractivity contribution in [2.45, 2.75) is 32.1 Å². The van der Waals surface area contributed by atoms with Gasteiger partial charge in [0, 0.05) is 29.8 Å². The summed E-state index contributed by atoms with van der Waals surface area (Å²) in [7, 11) is 0. The predicted molar refractivity (Wildman–Crippen MR) is 86.4 cm³/mol. The first-order valence-corrected chi connectivity index (χ1v) is 7.93. The zero-order valence-electron chi connectivity index (χ0n) is 12.7. The van der Waals surface area contributed by atoms with Gasteiger partial charge in [-0.25, -0.2) is 0 Å². The number of carbonyl (C=O) groups excluding carboxylic acids is 1. The van der Waals surface area contributed by atoms with Gasteiger partial charge in [-0.05, 0) is 49.1 Å². The maximum Gasteiger partial charge on any atom is 0.315 e. The molecule has 0 N–H and O–H groups in total. The summed E-state index contributed by atoms with van der Waals surface area (Å²) in [5.74, 6) is 1.38. The third-order valence-electron chi connectivity index (χ3n) is 4.23. The average molecular weight is 307 g/mol. The third-order valence-corrected chi connectivity index (χ3v) is 4.23.